The molecule has 0 aromatic heterocycles. The normalized spacial score (nSPS) is 15.2. The maximum Gasteiger partial charge on any atom is 0.254 e. The molecule has 5 nitrogen and oxygen atoms in total. The molecule has 1 aliphatic heterocycles. The number of dihydropyridines is 1. The van der Waals surface area contributed by atoms with Crippen LogP contribution in [0.4, 0.5) is 5.69 Å². The van der Waals surface area contributed by atoms with E-state index in [0.29, 0.717) is 48.7 Å². The van der Waals surface area contributed by atoms with Crippen LogP contribution in [-0.2, 0) is 4.79 Å². The molecule has 2 N–H and O–H groups in total. The Morgan fingerprint density at radius 1 is 1.00 bits per heavy atom. The number of carbonyl (C=O) groups excluding carboxylic acids is 2. The third kappa shape index (κ3) is 6.08. The summed E-state index contributed by atoms with van der Waals surface area (Å²) in [6.45, 7) is 3.74. The Morgan fingerprint density at radius 2 is 1.68 bits per heavy atom. The Morgan fingerprint density at radius 3 is 2.32 bits per heavy atom. The number of anilines is 1. The summed E-state index contributed by atoms with van der Waals surface area (Å²) >= 11 is 13.8. The fraction of sp³-hybridized carbons (Fsp3) is 0.138. The second-order valence-corrected chi connectivity index (χ2v) is 10.3. The smallest absolute Gasteiger partial charge is 0.254 e. The largest absolute Gasteiger partial charge is 0.353 e. The number of benzene rings is 3. The Bertz CT molecular complexity index is 1460. The van der Waals surface area contributed by atoms with Gasteiger partial charge in [0.15, 0.2) is 5.78 Å². The van der Waals surface area contributed by atoms with Gasteiger partial charge in [-0.2, -0.15) is 5.26 Å². The first kappa shape index (κ1) is 26.6. The Labute approximate surface area is 230 Å². The first-order chi connectivity index (χ1) is 17.8. The van der Waals surface area contributed by atoms with Crippen LogP contribution in [0.1, 0.15) is 34.3 Å². The van der Waals surface area contributed by atoms with Crippen molar-refractivity contribution in [1.29, 1.82) is 5.26 Å². The second-order valence-electron chi connectivity index (χ2n) is 8.51. The molecule has 4 rings (SSSR count). The molecule has 0 radical (unpaired) electrons. The molecule has 1 unspecified atom stereocenters. The van der Waals surface area contributed by atoms with E-state index in [-0.39, 0.29) is 17.4 Å². The molecule has 0 saturated carbocycles. The Balaban J connectivity index is 1.69. The zero-order valence-corrected chi connectivity index (χ0v) is 22.5. The van der Waals surface area contributed by atoms with E-state index in [9.17, 15) is 14.9 Å². The molecule has 0 fully saturated rings. The second kappa shape index (κ2) is 11.7. The average Bonchev–Trinajstić information content (AvgIpc) is 2.88. The lowest BCUT2D eigenvalue weighted by atomic mass is 9.82. The predicted octanol–water partition coefficient (Wildman–Crippen LogP) is 7.25. The third-order valence-electron chi connectivity index (χ3n) is 5.93. The van der Waals surface area contributed by atoms with Crippen molar-refractivity contribution in [3.63, 3.8) is 0 Å². The number of carbonyl (C=O) groups is 2. The van der Waals surface area contributed by atoms with Crippen LogP contribution in [0.5, 0.6) is 0 Å². The van der Waals surface area contributed by atoms with E-state index in [4.69, 9.17) is 23.2 Å². The molecule has 0 aliphatic carbocycles. The molecule has 8 heteroatoms. The minimum atomic E-state index is -0.718. The van der Waals surface area contributed by atoms with Crippen LogP contribution in [-0.4, -0.2) is 17.4 Å². The number of nitrogens with one attached hydrogen (secondary N) is 2. The van der Waals surface area contributed by atoms with Crippen molar-refractivity contribution in [2.45, 2.75) is 19.8 Å². The predicted molar refractivity (Wildman–Crippen MR) is 151 cm³/mol. The van der Waals surface area contributed by atoms with Crippen LogP contribution >= 0.6 is 35.0 Å². The lowest BCUT2D eigenvalue weighted by Gasteiger charge is -2.30. The summed E-state index contributed by atoms with van der Waals surface area (Å²) in [4.78, 5) is 26.3. The van der Waals surface area contributed by atoms with Gasteiger partial charge in [-0.3, -0.25) is 9.59 Å². The molecule has 3 aromatic rings. The molecule has 0 saturated heterocycles. The summed E-state index contributed by atoms with van der Waals surface area (Å²) in [5, 5.41) is 17.9. The first-order valence-corrected chi connectivity index (χ1v) is 13.2. The number of Topliss-reactive ketones (excluding diaryl/α,β-unsaturated/α-hetero) is 1. The SMILES string of the molecule is CC1=C(C(=O)Nc2ccc(Cl)cc2)C(c2ccccc2Cl)C(C#N)=C(SCC(=O)c2ccc(C)cc2)N1. The van der Waals surface area contributed by atoms with Gasteiger partial charge in [0.1, 0.15) is 0 Å². The molecule has 1 aliphatic rings. The van der Waals surface area contributed by atoms with Crippen molar-refractivity contribution in [2.75, 3.05) is 11.1 Å². The molecule has 1 heterocycles. The highest BCUT2D eigenvalue weighted by Gasteiger charge is 2.36. The number of nitrogens with zero attached hydrogens (tertiary/aromatic N) is 1. The molecule has 1 amide bonds. The van der Waals surface area contributed by atoms with Crippen LogP contribution in [0, 0.1) is 18.3 Å². The zero-order chi connectivity index (χ0) is 26.5. The average molecular weight is 548 g/mol. The maximum absolute atomic E-state index is 13.5. The molecule has 0 spiro atoms. The first-order valence-electron chi connectivity index (χ1n) is 11.4. The van der Waals surface area contributed by atoms with Crippen molar-refractivity contribution in [2.24, 2.45) is 0 Å². The van der Waals surface area contributed by atoms with Gasteiger partial charge in [-0.05, 0) is 49.7 Å². The number of aryl methyl sites for hydroxylation is 1. The highest BCUT2D eigenvalue weighted by molar-refractivity contribution is 8.03. The third-order valence-corrected chi connectivity index (χ3v) is 7.54. The number of rotatable bonds is 7. The van der Waals surface area contributed by atoms with E-state index in [1.807, 2.05) is 25.1 Å². The van der Waals surface area contributed by atoms with E-state index in [0.717, 1.165) is 5.56 Å². The van der Waals surface area contributed by atoms with E-state index in [1.165, 1.54) is 11.8 Å². The summed E-state index contributed by atoms with van der Waals surface area (Å²) in [6.07, 6.45) is 0. The highest BCUT2D eigenvalue weighted by Crippen LogP contribution is 2.43. The topological polar surface area (TPSA) is 82.0 Å². The number of thioether (sulfide) groups is 1. The van der Waals surface area contributed by atoms with Crippen LogP contribution in [0.2, 0.25) is 10.0 Å². The number of hydrogen-bond donors (Lipinski definition) is 2. The summed E-state index contributed by atoms with van der Waals surface area (Å²) in [5.74, 6) is -1.02. The van der Waals surface area contributed by atoms with Gasteiger partial charge in [-0.1, -0.05) is 83.0 Å². The summed E-state index contributed by atoms with van der Waals surface area (Å²) in [6, 6.07) is 23.6. The van der Waals surface area contributed by atoms with E-state index in [2.05, 4.69) is 16.7 Å². The van der Waals surface area contributed by atoms with E-state index < -0.39 is 5.92 Å². The Kier molecular flexibility index (Phi) is 8.40. The van der Waals surface area contributed by atoms with Crippen LogP contribution in [0.3, 0.4) is 0 Å². The quantitative estimate of drug-likeness (QED) is 0.304. The minimum Gasteiger partial charge on any atom is -0.353 e. The standard InChI is InChI=1S/C29H23Cl2N3O2S/c1-17-7-9-19(10-8-17)25(35)16-37-29-23(15-32)27(22-5-3-4-6-24(22)31)26(18(2)33-29)28(36)34-21-13-11-20(30)12-14-21/h3-14,27,33H,16H2,1-2H3,(H,34,36). The van der Waals surface area contributed by atoms with E-state index in [1.54, 1.807) is 61.5 Å². The van der Waals surface area contributed by atoms with Crippen molar-refractivity contribution in [3.8, 4) is 6.07 Å². The number of ketones is 1. The van der Waals surface area contributed by atoms with Gasteiger partial charge in [0.2, 0.25) is 0 Å². The highest BCUT2D eigenvalue weighted by atomic mass is 35.5. The van der Waals surface area contributed by atoms with Crippen LogP contribution in [0.15, 0.2) is 94.7 Å². The summed E-state index contributed by atoms with van der Waals surface area (Å²) in [5.41, 5.74) is 4.13. The molecular weight excluding hydrogens is 525 g/mol. The minimum absolute atomic E-state index is 0.0567. The maximum atomic E-state index is 13.5. The fourth-order valence-corrected chi connectivity index (χ4v) is 5.40. The number of allylic oxidation sites excluding steroid dienone is 2. The molecule has 37 heavy (non-hydrogen) atoms. The van der Waals surface area contributed by atoms with Crippen molar-refractivity contribution in [1.82, 2.24) is 5.32 Å². The lowest BCUT2D eigenvalue weighted by Crippen LogP contribution is -2.31. The van der Waals surface area contributed by atoms with Crippen molar-refractivity contribution in [3.05, 3.63) is 121 Å². The molecular formula is C29H23Cl2N3O2S. The molecule has 3 aromatic carbocycles. The van der Waals surface area contributed by atoms with Crippen LogP contribution < -0.4 is 10.6 Å². The fourth-order valence-electron chi connectivity index (χ4n) is 4.04. The Hall–Kier alpha value is -3.50. The number of halogens is 2. The van der Waals surface area contributed by atoms with Gasteiger partial charge in [0.25, 0.3) is 5.91 Å². The zero-order valence-electron chi connectivity index (χ0n) is 20.1. The molecule has 186 valence electrons. The lowest BCUT2D eigenvalue weighted by molar-refractivity contribution is -0.113. The number of hydrogen-bond acceptors (Lipinski definition) is 5. The van der Waals surface area contributed by atoms with Gasteiger partial charge in [-0.25, -0.2) is 0 Å². The van der Waals surface area contributed by atoms with Crippen molar-refractivity contribution < 1.29 is 9.59 Å². The van der Waals surface area contributed by atoms with Gasteiger partial charge in [0, 0.05) is 32.6 Å². The molecule has 1 atom stereocenters. The van der Waals surface area contributed by atoms with E-state index >= 15 is 0 Å². The van der Waals surface area contributed by atoms with Gasteiger partial charge in [0.05, 0.1) is 28.3 Å². The molecule has 0 bridgehead atoms. The van der Waals surface area contributed by atoms with Crippen LogP contribution in [0.25, 0.3) is 0 Å². The number of amides is 1. The summed E-state index contributed by atoms with van der Waals surface area (Å²) in [7, 11) is 0. The van der Waals surface area contributed by atoms with Gasteiger partial charge >= 0.3 is 0 Å². The number of nitriles is 1. The van der Waals surface area contributed by atoms with Crippen molar-refractivity contribution >= 4 is 52.3 Å². The van der Waals surface area contributed by atoms with Gasteiger partial charge < -0.3 is 10.6 Å². The monoisotopic (exact) mass is 547 g/mol. The summed E-state index contributed by atoms with van der Waals surface area (Å²) < 4.78 is 0. The van der Waals surface area contributed by atoms with Gasteiger partial charge in [-0.15, -0.1) is 0 Å².